The number of amides is 2. The number of halogens is 2. The zero-order chi connectivity index (χ0) is 18.6. The number of hydrogen-bond donors (Lipinski definition) is 0. The van der Waals surface area contributed by atoms with E-state index < -0.39 is 11.4 Å². The van der Waals surface area contributed by atoms with Gasteiger partial charge in [0.2, 0.25) is 0 Å². The first kappa shape index (κ1) is 19.5. The van der Waals surface area contributed by atoms with Crippen LogP contribution < -0.4 is 4.74 Å². The van der Waals surface area contributed by atoms with E-state index in [1.807, 2.05) is 20.8 Å². The van der Waals surface area contributed by atoms with Crippen molar-refractivity contribution in [3.05, 3.63) is 28.5 Å². The molecule has 1 saturated heterocycles. The van der Waals surface area contributed by atoms with Crippen molar-refractivity contribution in [2.24, 2.45) is 0 Å². The lowest BCUT2D eigenvalue weighted by atomic mass is 10.2. The van der Waals surface area contributed by atoms with Crippen molar-refractivity contribution in [3.8, 4) is 5.75 Å². The van der Waals surface area contributed by atoms with Gasteiger partial charge in [-0.05, 0) is 39.0 Å². The van der Waals surface area contributed by atoms with Crippen LogP contribution in [0.1, 0.15) is 20.8 Å². The van der Waals surface area contributed by atoms with Crippen molar-refractivity contribution in [2.45, 2.75) is 26.4 Å². The van der Waals surface area contributed by atoms with Crippen LogP contribution in [0.25, 0.3) is 0 Å². The van der Waals surface area contributed by atoms with E-state index in [-0.39, 0.29) is 24.4 Å². The molecule has 1 fully saturated rings. The fourth-order valence-electron chi connectivity index (χ4n) is 2.29. The first-order valence-electron chi connectivity index (χ1n) is 7.99. The van der Waals surface area contributed by atoms with Crippen LogP contribution in [0.2, 0.25) is 0 Å². The van der Waals surface area contributed by atoms with E-state index in [1.165, 1.54) is 12.1 Å². The van der Waals surface area contributed by atoms with Crippen LogP contribution in [0.4, 0.5) is 9.18 Å². The van der Waals surface area contributed by atoms with Crippen LogP contribution in [-0.4, -0.2) is 60.2 Å². The quantitative estimate of drug-likeness (QED) is 0.759. The van der Waals surface area contributed by atoms with E-state index in [9.17, 15) is 14.0 Å². The summed E-state index contributed by atoms with van der Waals surface area (Å²) in [5.74, 6) is -0.744. The highest BCUT2D eigenvalue weighted by molar-refractivity contribution is 9.10. The lowest BCUT2D eigenvalue weighted by molar-refractivity contribution is -0.135. The van der Waals surface area contributed by atoms with Gasteiger partial charge in [0.1, 0.15) is 5.60 Å². The third-order valence-corrected chi connectivity index (χ3v) is 4.02. The Kier molecular flexibility index (Phi) is 6.26. The molecule has 0 aliphatic carbocycles. The van der Waals surface area contributed by atoms with Gasteiger partial charge in [0.05, 0.1) is 0 Å². The van der Waals surface area contributed by atoms with Crippen molar-refractivity contribution in [1.82, 2.24) is 9.80 Å². The van der Waals surface area contributed by atoms with Gasteiger partial charge in [-0.15, -0.1) is 0 Å². The fraction of sp³-hybridized carbons (Fsp3) is 0.529. The molecule has 2 rings (SSSR count). The molecule has 0 radical (unpaired) electrons. The second kappa shape index (κ2) is 8.03. The maximum Gasteiger partial charge on any atom is 0.410 e. The SMILES string of the molecule is CC(C)(C)OC(=O)N1CCN(C(=O)COc2ccc(Br)cc2F)CC1. The molecule has 0 spiro atoms. The molecule has 1 aliphatic heterocycles. The predicted molar refractivity (Wildman–Crippen MR) is 94.0 cm³/mol. The molecule has 1 heterocycles. The van der Waals surface area contributed by atoms with Crippen LogP contribution in [0.5, 0.6) is 5.75 Å². The number of carbonyl (C=O) groups is 2. The van der Waals surface area contributed by atoms with Crippen molar-refractivity contribution in [3.63, 3.8) is 0 Å². The first-order valence-corrected chi connectivity index (χ1v) is 8.78. The van der Waals surface area contributed by atoms with Crippen LogP contribution in [-0.2, 0) is 9.53 Å². The van der Waals surface area contributed by atoms with Crippen molar-refractivity contribution < 1.29 is 23.5 Å². The Morgan fingerprint density at radius 1 is 1.16 bits per heavy atom. The molecule has 0 atom stereocenters. The van der Waals surface area contributed by atoms with E-state index in [4.69, 9.17) is 9.47 Å². The molecular formula is C17H22BrFN2O4. The molecule has 6 nitrogen and oxygen atoms in total. The highest BCUT2D eigenvalue weighted by atomic mass is 79.9. The standard InChI is InChI=1S/C17H22BrFN2O4/c1-17(2,3)25-16(23)21-8-6-20(7-9-21)15(22)11-24-14-5-4-12(18)10-13(14)19/h4-5,10H,6-9,11H2,1-3H3. The largest absolute Gasteiger partial charge is 0.481 e. The lowest BCUT2D eigenvalue weighted by Gasteiger charge is -2.35. The minimum atomic E-state index is -0.549. The maximum absolute atomic E-state index is 13.7. The molecule has 2 amide bonds. The van der Waals surface area contributed by atoms with Gasteiger partial charge < -0.3 is 19.3 Å². The molecule has 0 aromatic heterocycles. The Morgan fingerprint density at radius 3 is 2.32 bits per heavy atom. The highest BCUT2D eigenvalue weighted by Crippen LogP contribution is 2.21. The predicted octanol–water partition coefficient (Wildman–Crippen LogP) is 3.05. The van der Waals surface area contributed by atoms with E-state index in [2.05, 4.69) is 15.9 Å². The zero-order valence-electron chi connectivity index (χ0n) is 14.6. The van der Waals surface area contributed by atoms with Crippen molar-refractivity contribution in [1.29, 1.82) is 0 Å². The summed E-state index contributed by atoms with van der Waals surface area (Å²) >= 11 is 3.16. The number of benzene rings is 1. The van der Waals surface area contributed by atoms with Gasteiger partial charge in [0.25, 0.3) is 5.91 Å². The molecular weight excluding hydrogens is 395 g/mol. The maximum atomic E-state index is 13.7. The summed E-state index contributed by atoms with van der Waals surface area (Å²) in [4.78, 5) is 27.4. The summed E-state index contributed by atoms with van der Waals surface area (Å²) in [6.45, 7) is 6.76. The molecule has 0 unspecified atom stereocenters. The van der Waals surface area contributed by atoms with Crippen LogP contribution in [0.15, 0.2) is 22.7 Å². The Balaban J connectivity index is 1.80. The molecule has 1 aromatic carbocycles. The number of hydrogen-bond acceptors (Lipinski definition) is 4. The lowest BCUT2D eigenvalue weighted by Crippen LogP contribution is -2.52. The Bertz CT molecular complexity index is 640. The summed E-state index contributed by atoms with van der Waals surface area (Å²) in [7, 11) is 0. The summed E-state index contributed by atoms with van der Waals surface area (Å²) in [5, 5.41) is 0. The van der Waals surface area contributed by atoms with Crippen molar-refractivity contribution >= 4 is 27.9 Å². The van der Waals surface area contributed by atoms with Gasteiger partial charge in [-0.1, -0.05) is 15.9 Å². The topological polar surface area (TPSA) is 59.1 Å². The number of ether oxygens (including phenoxy) is 2. The van der Waals surface area contributed by atoms with Gasteiger partial charge in [0, 0.05) is 30.7 Å². The number of rotatable bonds is 3. The summed E-state index contributed by atoms with van der Waals surface area (Å²) in [6, 6.07) is 4.38. The molecule has 8 heteroatoms. The van der Waals surface area contributed by atoms with Gasteiger partial charge in [-0.3, -0.25) is 4.79 Å². The zero-order valence-corrected chi connectivity index (χ0v) is 16.1. The molecule has 0 saturated carbocycles. The normalized spacial score (nSPS) is 15.1. The second-order valence-corrected chi connectivity index (χ2v) is 7.63. The van der Waals surface area contributed by atoms with Gasteiger partial charge in [0.15, 0.2) is 18.2 Å². The van der Waals surface area contributed by atoms with Crippen LogP contribution in [0, 0.1) is 5.82 Å². The summed E-state index contributed by atoms with van der Waals surface area (Å²) < 4.78 is 24.8. The molecule has 25 heavy (non-hydrogen) atoms. The Hall–Kier alpha value is -1.83. The molecule has 0 bridgehead atoms. The Labute approximate surface area is 155 Å². The minimum absolute atomic E-state index is 0.0314. The van der Waals surface area contributed by atoms with E-state index in [0.29, 0.717) is 30.7 Å². The average molecular weight is 417 g/mol. The number of nitrogens with zero attached hydrogens (tertiary/aromatic N) is 2. The first-order chi connectivity index (χ1) is 11.7. The fourth-order valence-corrected chi connectivity index (χ4v) is 2.62. The second-order valence-electron chi connectivity index (χ2n) is 6.71. The third kappa shape index (κ3) is 5.88. The van der Waals surface area contributed by atoms with E-state index in [1.54, 1.807) is 15.9 Å². The molecule has 138 valence electrons. The van der Waals surface area contributed by atoms with Crippen molar-refractivity contribution in [2.75, 3.05) is 32.8 Å². The molecule has 0 N–H and O–H groups in total. The summed E-state index contributed by atoms with van der Waals surface area (Å²) in [5.41, 5.74) is -0.549. The van der Waals surface area contributed by atoms with Crippen LogP contribution in [0.3, 0.4) is 0 Å². The smallest absolute Gasteiger partial charge is 0.410 e. The van der Waals surface area contributed by atoms with Gasteiger partial charge >= 0.3 is 6.09 Å². The van der Waals surface area contributed by atoms with Gasteiger partial charge in [-0.25, -0.2) is 9.18 Å². The average Bonchev–Trinajstić information content (AvgIpc) is 2.52. The monoisotopic (exact) mass is 416 g/mol. The van der Waals surface area contributed by atoms with Crippen LogP contribution >= 0.6 is 15.9 Å². The molecule has 1 aromatic rings. The molecule has 1 aliphatic rings. The third-order valence-electron chi connectivity index (χ3n) is 3.53. The minimum Gasteiger partial charge on any atom is -0.481 e. The van der Waals surface area contributed by atoms with E-state index >= 15 is 0 Å². The number of piperazine rings is 1. The van der Waals surface area contributed by atoms with Gasteiger partial charge in [-0.2, -0.15) is 0 Å². The Morgan fingerprint density at radius 2 is 1.76 bits per heavy atom. The van der Waals surface area contributed by atoms with E-state index in [0.717, 1.165) is 0 Å². The number of carbonyl (C=O) groups excluding carboxylic acids is 2. The highest BCUT2D eigenvalue weighted by Gasteiger charge is 2.27. The summed E-state index contributed by atoms with van der Waals surface area (Å²) in [6.07, 6.45) is -0.382.